The Morgan fingerprint density at radius 1 is 0.321 bits per heavy atom. The summed E-state index contributed by atoms with van der Waals surface area (Å²) < 4.78 is 13.8. The van der Waals surface area contributed by atoms with Crippen LogP contribution in [-0.4, -0.2) is 0 Å². The van der Waals surface area contributed by atoms with E-state index in [2.05, 4.69) is 193 Å². The fourth-order valence-corrected chi connectivity index (χ4v) is 8.14. The van der Waals surface area contributed by atoms with Crippen LogP contribution in [0.25, 0.3) is 87.7 Å². The Morgan fingerprint density at radius 2 is 0.925 bits per heavy atom. The van der Waals surface area contributed by atoms with Gasteiger partial charge in [-0.2, -0.15) is 0 Å². The molecule has 248 valence electrons. The maximum atomic E-state index is 7.05. The first kappa shape index (κ1) is 29.6. The van der Waals surface area contributed by atoms with Crippen LogP contribution >= 0.6 is 0 Å². The highest BCUT2D eigenvalue weighted by Crippen LogP contribution is 2.48. The number of hydrogen-bond acceptors (Lipinski definition) is 3. The smallest absolute Gasteiger partial charge is 0.159 e. The highest BCUT2D eigenvalue weighted by molar-refractivity contribution is 6.22. The van der Waals surface area contributed by atoms with Gasteiger partial charge in [-0.1, -0.05) is 152 Å². The highest BCUT2D eigenvalue weighted by atomic mass is 16.3. The first-order valence-electron chi connectivity index (χ1n) is 18.0. The van der Waals surface area contributed by atoms with E-state index in [1.165, 1.54) is 5.39 Å². The van der Waals surface area contributed by atoms with Gasteiger partial charge in [0.25, 0.3) is 0 Å². The molecule has 0 N–H and O–H groups in total. The van der Waals surface area contributed by atoms with Crippen LogP contribution in [0.5, 0.6) is 0 Å². The van der Waals surface area contributed by atoms with Crippen LogP contribution in [-0.2, 0) is 0 Å². The van der Waals surface area contributed by atoms with Gasteiger partial charge in [-0.15, -0.1) is 0 Å². The van der Waals surface area contributed by atoms with Crippen LogP contribution in [0.1, 0.15) is 0 Å². The van der Waals surface area contributed by atoms with Gasteiger partial charge in [0.15, 0.2) is 5.58 Å². The molecule has 11 rings (SSSR count). The molecule has 9 aromatic carbocycles. The van der Waals surface area contributed by atoms with Gasteiger partial charge >= 0.3 is 0 Å². The lowest BCUT2D eigenvalue weighted by Gasteiger charge is -2.27. The van der Waals surface area contributed by atoms with Crippen LogP contribution in [0, 0.1) is 0 Å². The van der Waals surface area contributed by atoms with Gasteiger partial charge in [0.2, 0.25) is 0 Å². The molecule has 0 saturated heterocycles. The van der Waals surface area contributed by atoms with E-state index in [9.17, 15) is 0 Å². The number of rotatable bonds is 5. The van der Waals surface area contributed by atoms with Crippen molar-refractivity contribution in [3.63, 3.8) is 0 Å². The summed E-state index contributed by atoms with van der Waals surface area (Å²) in [4.78, 5) is 2.38. The van der Waals surface area contributed by atoms with E-state index < -0.39 is 0 Å². The molecule has 3 nitrogen and oxygen atoms in total. The maximum Gasteiger partial charge on any atom is 0.159 e. The molecule has 0 atom stereocenters. The first-order chi connectivity index (χ1) is 26.3. The summed E-state index contributed by atoms with van der Waals surface area (Å²) in [6, 6.07) is 66.6. The Balaban J connectivity index is 1.24. The van der Waals surface area contributed by atoms with Gasteiger partial charge in [0, 0.05) is 43.6 Å². The number of nitrogens with zero attached hydrogens (tertiary/aromatic N) is 1. The second-order valence-corrected chi connectivity index (χ2v) is 13.7. The summed E-state index contributed by atoms with van der Waals surface area (Å²) in [7, 11) is 0. The van der Waals surface area contributed by atoms with Gasteiger partial charge in [0.1, 0.15) is 16.7 Å². The highest BCUT2D eigenvalue weighted by Gasteiger charge is 2.24. The number of hydrogen-bond donors (Lipinski definition) is 0. The summed E-state index contributed by atoms with van der Waals surface area (Å²) in [5.74, 6) is 0. The monoisotopic (exact) mass is 677 g/mol. The molecule has 0 amide bonds. The van der Waals surface area contributed by atoms with Crippen LogP contribution in [0.3, 0.4) is 0 Å². The molecular formula is C50H31NO2. The molecule has 0 aliphatic carbocycles. The van der Waals surface area contributed by atoms with E-state index in [0.717, 1.165) is 99.4 Å². The van der Waals surface area contributed by atoms with Crippen molar-refractivity contribution in [1.29, 1.82) is 0 Å². The minimum absolute atomic E-state index is 0.836. The normalized spacial score (nSPS) is 11.8. The van der Waals surface area contributed by atoms with Crippen LogP contribution in [0.4, 0.5) is 17.1 Å². The summed E-state index contributed by atoms with van der Waals surface area (Å²) in [6.07, 6.45) is 0. The quantitative estimate of drug-likeness (QED) is 0.182. The second-order valence-electron chi connectivity index (χ2n) is 13.7. The van der Waals surface area contributed by atoms with Gasteiger partial charge in [-0.3, -0.25) is 0 Å². The Kier molecular flexibility index (Phi) is 6.55. The molecule has 2 aromatic heterocycles. The molecule has 0 unspecified atom stereocenters. The number of furan rings is 2. The molecule has 0 bridgehead atoms. The SMILES string of the molecule is c1ccc(-c2cccc(N(c3cc4c5cc6ccccc6cc5oc4c4ccccc34)c3cccc4c3oc3c(-c5ccccc5)cccc34)c2)cc1. The Labute approximate surface area is 305 Å². The number of fused-ring (bicyclic) bond motifs is 9. The summed E-state index contributed by atoms with van der Waals surface area (Å²) in [6.45, 7) is 0. The molecule has 2 heterocycles. The molecule has 0 saturated carbocycles. The standard InChI is InChI=1S/C50H31NO2/c1-3-14-32(15-4-1)34-20-11-21-37(28-34)51(45-27-13-26-42-41-25-12-24-38(48(41)53-50(42)45)33-16-5-2-6-17-33)46-31-44-43-29-35-18-7-8-19-36(35)30-47(43)52-49(44)40-23-10-9-22-39(40)46/h1-31H. The summed E-state index contributed by atoms with van der Waals surface area (Å²) in [5, 5.41) is 8.84. The Morgan fingerprint density at radius 3 is 1.74 bits per heavy atom. The zero-order chi connectivity index (χ0) is 34.9. The van der Waals surface area contributed by atoms with Crippen LogP contribution in [0.15, 0.2) is 197 Å². The second kappa shape index (κ2) is 11.7. The zero-order valence-corrected chi connectivity index (χ0v) is 28.7. The van der Waals surface area contributed by atoms with Crippen molar-refractivity contribution in [1.82, 2.24) is 0 Å². The Hall–Kier alpha value is -7.10. The lowest BCUT2D eigenvalue weighted by atomic mass is 9.99. The van der Waals surface area contributed by atoms with E-state index in [1.807, 2.05) is 0 Å². The molecule has 0 aliphatic rings. The van der Waals surface area contributed by atoms with Crippen LogP contribution < -0.4 is 4.90 Å². The largest absolute Gasteiger partial charge is 0.455 e. The minimum Gasteiger partial charge on any atom is -0.455 e. The maximum absolute atomic E-state index is 7.05. The first-order valence-corrected chi connectivity index (χ1v) is 18.0. The average Bonchev–Trinajstić information content (AvgIpc) is 3.79. The molecule has 0 spiro atoms. The lowest BCUT2D eigenvalue weighted by molar-refractivity contribution is 0.670. The van der Waals surface area contributed by atoms with Gasteiger partial charge in [0.05, 0.1) is 11.4 Å². The van der Waals surface area contributed by atoms with Crippen molar-refractivity contribution >= 4 is 82.5 Å². The molecule has 0 aliphatic heterocycles. The zero-order valence-electron chi connectivity index (χ0n) is 28.7. The van der Waals surface area contributed by atoms with Crippen molar-refractivity contribution in [2.45, 2.75) is 0 Å². The number of benzene rings is 9. The number of para-hydroxylation sites is 2. The summed E-state index contributed by atoms with van der Waals surface area (Å²) >= 11 is 0. The van der Waals surface area contributed by atoms with E-state index in [-0.39, 0.29) is 0 Å². The van der Waals surface area contributed by atoms with Crippen molar-refractivity contribution in [3.8, 4) is 22.3 Å². The molecule has 3 heteroatoms. The van der Waals surface area contributed by atoms with E-state index >= 15 is 0 Å². The van der Waals surface area contributed by atoms with Gasteiger partial charge in [-0.25, -0.2) is 0 Å². The van der Waals surface area contributed by atoms with E-state index in [1.54, 1.807) is 0 Å². The third-order valence-electron chi connectivity index (χ3n) is 10.6. The molecule has 0 radical (unpaired) electrons. The molecule has 53 heavy (non-hydrogen) atoms. The van der Waals surface area contributed by atoms with Crippen molar-refractivity contribution in [3.05, 3.63) is 188 Å². The third-order valence-corrected chi connectivity index (χ3v) is 10.6. The minimum atomic E-state index is 0.836. The third kappa shape index (κ3) is 4.68. The molecular weight excluding hydrogens is 647 g/mol. The van der Waals surface area contributed by atoms with Crippen molar-refractivity contribution in [2.24, 2.45) is 0 Å². The van der Waals surface area contributed by atoms with Crippen molar-refractivity contribution < 1.29 is 8.83 Å². The van der Waals surface area contributed by atoms with E-state index in [4.69, 9.17) is 8.83 Å². The van der Waals surface area contributed by atoms with E-state index in [0.29, 0.717) is 0 Å². The fraction of sp³-hybridized carbons (Fsp3) is 0. The molecule has 11 aromatic rings. The summed E-state index contributed by atoms with van der Waals surface area (Å²) in [5.41, 5.74) is 11.0. The fourth-order valence-electron chi connectivity index (χ4n) is 8.14. The van der Waals surface area contributed by atoms with Gasteiger partial charge in [-0.05, 0) is 63.9 Å². The number of anilines is 3. The Bertz CT molecular complexity index is 3170. The van der Waals surface area contributed by atoms with Crippen LogP contribution in [0.2, 0.25) is 0 Å². The predicted octanol–water partition coefficient (Wildman–Crippen LogP) is 14.6. The predicted molar refractivity (Wildman–Crippen MR) is 222 cm³/mol. The average molecular weight is 678 g/mol. The molecule has 0 fully saturated rings. The lowest BCUT2D eigenvalue weighted by Crippen LogP contribution is -2.11. The van der Waals surface area contributed by atoms with Crippen molar-refractivity contribution in [2.75, 3.05) is 4.90 Å². The van der Waals surface area contributed by atoms with Gasteiger partial charge < -0.3 is 13.7 Å². The topological polar surface area (TPSA) is 29.5 Å².